The predicted molar refractivity (Wildman–Crippen MR) is 83.2 cm³/mol. The molecule has 0 radical (unpaired) electrons. The van der Waals surface area contributed by atoms with Crippen LogP contribution in [0.25, 0.3) is 0 Å². The number of hydrogen-bond donors (Lipinski definition) is 1. The molecule has 0 unspecified atom stereocenters. The number of benzene rings is 1. The molecule has 21 heavy (non-hydrogen) atoms. The second kappa shape index (κ2) is 6.85. The molecule has 4 nitrogen and oxygen atoms in total. The molecule has 0 aliphatic heterocycles. The highest BCUT2D eigenvalue weighted by Crippen LogP contribution is 2.24. The van der Waals surface area contributed by atoms with Gasteiger partial charge in [-0.15, -0.1) is 0 Å². The summed E-state index contributed by atoms with van der Waals surface area (Å²) >= 11 is 0. The number of rotatable bonds is 6. The first kappa shape index (κ1) is 18.1. The van der Waals surface area contributed by atoms with E-state index < -0.39 is 15.8 Å². The van der Waals surface area contributed by atoms with Crippen LogP contribution in [0, 0.1) is 12.7 Å². The van der Waals surface area contributed by atoms with Crippen LogP contribution in [0.1, 0.15) is 38.8 Å². The zero-order valence-corrected chi connectivity index (χ0v) is 14.4. The molecule has 1 aromatic rings. The van der Waals surface area contributed by atoms with Crippen LogP contribution < -0.4 is 5.32 Å². The van der Waals surface area contributed by atoms with Gasteiger partial charge >= 0.3 is 0 Å². The molecule has 0 bridgehead atoms. The van der Waals surface area contributed by atoms with Gasteiger partial charge in [0.25, 0.3) is 0 Å². The fourth-order valence-corrected chi connectivity index (χ4v) is 3.48. The van der Waals surface area contributed by atoms with Crippen LogP contribution in [0.2, 0.25) is 0 Å². The topological polar surface area (TPSA) is 49.4 Å². The molecule has 1 aromatic carbocycles. The van der Waals surface area contributed by atoms with E-state index in [1.165, 1.54) is 24.3 Å². The minimum Gasteiger partial charge on any atom is -0.310 e. The zero-order valence-electron chi connectivity index (χ0n) is 13.6. The van der Waals surface area contributed by atoms with Crippen LogP contribution in [-0.4, -0.2) is 31.9 Å². The summed E-state index contributed by atoms with van der Waals surface area (Å²) in [7, 11) is -2.18. The van der Waals surface area contributed by atoms with Crippen molar-refractivity contribution in [3.05, 3.63) is 29.1 Å². The minimum atomic E-state index is -3.69. The van der Waals surface area contributed by atoms with Gasteiger partial charge in [-0.05, 0) is 38.5 Å². The van der Waals surface area contributed by atoms with Gasteiger partial charge in [0.1, 0.15) is 5.82 Å². The number of sulfonamides is 1. The molecule has 1 N–H and O–H groups in total. The molecule has 0 heterocycles. The highest BCUT2D eigenvalue weighted by Gasteiger charge is 2.26. The summed E-state index contributed by atoms with van der Waals surface area (Å²) in [5.74, 6) is -0.492. The third-order valence-corrected chi connectivity index (χ3v) is 5.61. The van der Waals surface area contributed by atoms with Gasteiger partial charge in [0.2, 0.25) is 10.0 Å². The monoisotopic (exact) mass is 316 g/mol. The van der Waals surface area contributed by atoms with Crippen molar-refractivity contribution in [3.8, 4) is 0 Å². The van der Waals surface area contributed by atoms with E-state index in [1.807, 2.05) is 13.8 Å². The fraction of sp³-hybridized carbons (Fsp3) is 0.600. The third kappa shape index (κ3) is 4.25. The summed E-state index contributed by atoms with van der Waals surface area (Å²) in [6, 6.07) is 3.00. The van der Waals surface area contributed by atoms with Crippen molar-refractivity contribution >= 4 is 10.0 Å². The Labute approximate surface area is 127 Å². The van der Waals surface area contributed by atoms with Gasteiger partial charge in [0.15, 0.2) is 0 Å². The maximum atomic E-state index is 14.0. The molecule has 0 saturated carbocycles. The lowest BCUT2D eigenvalue weighted by molar-refractivity contribution is 0.409. The average Bonchev–Trinajstić information content (AvgIpc) is 2.38. The van der Waals surface area contributed by atoms with Gasteiger partial charge in [0, 0.05) is 31.2 Å². The largest absolute Gasteiger partial charge is 0.310 e. The highest BCUT2D eigenvalue weighted by atomic mass is 32.2. The van der Waals surface area contributed by atoms with Crippen LogP contribution in [-0.2, 0) is 16.6 Å². The fourth-order valence-electron chi connectivity index (χ4n) is 1.83. The van der Waals surface area contributed by atoms with Crippen molar-refractivity contribution in [1.82, 2.24) is 9.62 Å². The van der Waals surface area contributed by atoms with E-state index in [0.29, 0.717) is 12.1 Å². The number of nitrogens with zero attached hydrogens (tertiary/aromatic N) is 1. The summed E-state index contributed by atoms with van der Waals surface area (Å²) < 4.78 is 40.5. The summed E-state index contributed by atoms with van der Waals surface area (Å²) in [5.41, 5.74) is 0.790. The Kier molecular flexibility index (Phi) is 5.90. The van der Waals surface area contributed by atoms with Gasteiger partial charge in [-0.3, -0.25) is 0 Å². The molecule has 0 saturated heterocycles. The van der Waals surface area contributed by atoms with E-state index in [2.05, 4.69) is 5.32 Å². The highest BCUT2D eigenvalue weighted by molar-refractivity contribution is 7.89. The SMILES string of the molecule is Cc1c(F)cc(CNC(C)C)cc1S(=O)(=O)N(C)C(C)C. The normalized spacial score (nSPS) is 12.7. The molecule has 120 valence electrons. The van der Waals surface area contributed by atoms with Crippen LogP contribution in [0.3, 0.4) is 0 Å². The maximum absolute atomic E-state index is 14.0. The summed E-state index contributed by atoms with van der Waals surface area (Å²) in [5, 5.41) is 3.16. The summed E-state index contributed by atoms with van der Waals surface area (Å²) in [6.07, 6.45) is 0. The molecular formula is C15H25FN2O2S. The Morgan fingerprint density at radius 1 is 1.24 bits per heavy atom. The van der Waals surface area contributed by atoms with E-state index in [0.717, 1.165) is 0 Å². The lowest BCUT2D eigenvalue weighted by Crippen LogP contribution is -2.33. The lowest BCUT2D eigenvalue weighted by atomic mass is 10.1. The van der Waals surface area contributed by atoms with Crippen molar-refractivity contribution in [3.63, 3.8) is 0 Å². The number of nitrogens with one attached hydrogen (secondary N) is 1. The van der Waals surface area contributed by atoms with E-state index in [1.54, 1.807) is 19.9 Å². The van der Waals surface area contributed by atoms with Gasteiger partial charge in [-0.25, -0.2) is 12.8 Å². The van der Waals surface area contributed by atoms with Crippen LogP contribution >= 0.6 is 0 Å². The smallest absolute Gasteiger partial charge is 0.243 e. The second-order valence-corrected chi connectivity index (χ2v) is 7.82. The molecule has 1 rings (SSSR count). The Balaban J connectivity index is 3.29. The maximum Gasteiger partial charge on any atom is 0.243 e. The van der Waals surface area contributed by atoms with Gasteiger partial charge in [-0.2, -0.15) is 4.31 Å². The molecule has 0 aliphatic rings. The van der Waals surface area contributed by atoms with Crippen LogP contribution in [0.4, 0.5) is 4.39 Å². The molecule has 0 atom stereocenters. The first-order chi connectivity index (χ1) is 9.57. The van der Waals surface area contributed by atoms with E-state index in [9.17, 15) is 12.8 Å². The Hall–Kier alpha value is -0.980. The average molecular weight is 316 g/mol. The van der Waals surface area contributed by atoms with Crippen LogP contribution in [0.15, 0.2) is 17.0 Å². The molecule has 0 spiro atoms. The number of hydrogen-bond acceptors (Lipinski definition) is 3. The van der Waals surface area contributed by atoms with E-state index in [4.69, 9.17) is 0 Å². The minimum absolute atomic E-state index is 0.0410. The van der Waals surface area contributed by atoms with Gasteiger partial charge < -0.3 is 5.32 Å². The second-order valence-electron chi connectivity index (χ2n) is 5.85. The third-order valence-electron chi connectivity index (χ3n) is 3.46. The van der Waals surface area contributed by atoms with Crippen molar-refractivity contribution in [2.75, 3.05) is 7.05 Å². The summed E-state index contributed by atoms with van der Waals surface area (Å²) in [4.78, 5) is 0.0410. The molecule has 6 heteroatoms. The Morgan fingerprint density at radius 2 is 1.81 bits per heavy atom. The zero-order chi connectivity index (χ0) is 16.4. The quantitative estimate of drug-likeness (QED) is 0.878. The van der Waals surface area contributed by atoms with E-state index in [-0.39, 0.29) is 22.5 Å². The summed E-state index contributed by atoms with van der Waals surface area (Å²) in [6.45, 7) is 9.46. The Bertz CT molecular complexity index is 598. The molecule has 0 fully saturated rings. The lowest BCUT2D eigenvalue weighted by Gasteiger charge is -2.22. The van der Waals surface area contributed by atoms with E-state index >= 15 is 0 Å². The predicted octanol–water partition coefficient (Wildman–Crippen LogP) is 2.66. The first-order valence-electron chi connectivity index (χ1n) is 7.07. The van der Waals surface area contributed by atoms with Crippen molar-refractivity contribution < 1.29 is 12.8 Å². The molecule has 0 aliphatic carbocycles. The van der Waals surface area contributed by atoms with Crippen LogP contribution in [0.5, 0.6) is 0 Å². The Morgan fingerprint density at radius 3 is 2.29 bits per heavy atom. The van der Waals surface area contributed by atoms with Crippen molar-refractivity contribution in [2.45, 2.75) is 58.1 Å². The van der Waals surface area contributed by atoms with Gasteiger partial charge in [0.05, 0.1) is 4.90 Å². The first-order valence-corrected chi connectivity index (χ1v) is 8.51. The molecule has 0 amide bonds. The van der Waals surface area contributed by atoms with Gasteiger partial charge in [-0.1, -0.05) is 13.8 Å². The molecule has 0 aromatic heterocycles. The van der Waals surface area contributed by atoms with Crippen molar-refractivity contribution in [1.29, 1.82) is 0 Å². The standard InChI is InChI=1S/C15H25FN2O2S/c1-10(2)17-9-13-7-14(16)12(5)15(8-13)21(19,20)18(6)11(3)4/h7-8,10-11,17H,9H2,1-6H3. The molecular weight excluding hydrogens is 291 g/mol. The van der Waals surface area contributed by atoms with Crippen molar-refractivity contribution in [2.24, 2.45) is 0 Å². The number of halogens is 1.